The Labute approximate surface area is 88.3 Å². The minimum Gasteiger partial charge on any atom is -0.474 e. The molecular weight excluding hydrogens is 190 g/mol. The second-order valence-electron chi connectivity index (χ2n) is 3.50. The van der Waals surface area contributed by atoms with E-state index in [2.05, 4.69) is 15.2 Å². The Bertz CT molecular complexity index is 422. The summed E-state index contributed by atoms with van der Waals surface area (Å²) in [4.78, 5) is 4.21. The lowest BCUT2D eigenvalue weighted by Gasteiger charge is -2.03. The van der Waals surface area contributed by atoms with E-state index in [4.69, 9.17) is 4.74 Å². The third-order valence-electron chi connectivity index (χ3n) is 1.85. The fourth-order valence-electron chi connectivity index (χ4n) is 1.26. The topological polar surface area (TPSA) is 50.8 Å². The Balaban J connectivity index is 2.21. The van der Waals surface area contributed by atoms with Crippen LogP contribution in [0.15, 0.2) is 30.5 Å². The molecule has 0 unspecified atom stereocenters. The molecule has 0 spiro atoms. The second-order valence-corrected chi connectivity index (χ2v) is 3.50. The van der Waals surface area contributed by atoms with Crippen molar-refractivity contribution in [2.75, 3.05) is 0 Å². The van der Waals surface area contributed by atoms with E-state index in [1.54, 1.807) is 6.20 Å². The van der Waals surface area contributed by atoms with Crippen LogP contribution in [0.1, 0.15) is 13.8 Å². The molecule has 78 valence electrons. The first-order chi connectivity index (χ1) is 7.25. The summed E-state index contributed by atoms with van der Waals surface area (Å²) < 4.78 is 5.45. The number of aromatic amines is 1. The van der Waals surface area contributed by atoms with Crippen LogP contribution in [-0.2, 0) is 0 Å². The molecule has 0 aromatic carbocycles. The summed E-state index contributed by atoms with van der Waals surface area (Å²) in [6.07, 6.45) is 1.88. The van der Waals surface area contributed by atoms with Crippen molar-refractivity contribution in [3.8, 4) is 17.3 Å². The van der Waals surface area contributed by atoms with Gasteiger partial charge in [-0.05, 0) is 26.0 Å². The molecule has 0 saturated heterocycles. The molecule has 0 aliphatic rings. The molecule has 2 rings (SSSR count). The van der Waals surface area contributed by atoms with Gasteiger partial charge in [0.05, 0.1) is 17.5 Å². The van der Waals surface area contributed by atoms with Gasteiger partial charge >= 0.3 is 0 Å². The molecule has 0 saturated carbocycles. The van der Waals surface area contributed by atoms with Gasteiger partial charge in [0.15, 0.2) is 0 Å². The molecule has 4 heteroatoms. The van der Waals surface area contributed by atoms with Crippen LogP contribution in [-0.4, -0.2) is 21.3 Å². The Morgan fingerprint density at radius 2 is 2.20 bits per heavy atom. The van der Waals surface area contributed by atoms with E-state index in [0.29, 0.717) is 5.88 Å². The summed E-state index contributed by atoms with van der Waals surface area (Å²) in [7, 11) is 0. The third-order valence-corrected chi connectivity index (χ3v) is 1.85. The number of nitrogens with zero attached hydrogens (tertiary/aromatic N) is 2. The summed E-state index contributed by atoms with van der Waals surface area (Å²) in [5.41, 5.74) is 1.73. The maximum absolute atomic E-state index is 5.45. The highest BCUT2D eigenvalue weighted by molar-refractivity contribution is 5.54. The highest BCUT2D eigenvalue weighted by Crippen LogP contribution is 2.18. The van der Waals surface area contributed by atoms with Crippen LogP contribution < -0.4 is 4.74 Å². The van der Waals surface area contributed by atoms with Gasteiger partial charge in [-0.3, -0.25) is 10.1 Å². The van der Waals surface area contributed by atoms with Gasteiger partial charge in [-0.2, -0.15) is 0 Å². The number of pyridine rings is 1. The molecule has 2 aromatic heterocycles. The fraction of sp³-hybridized carbons (Fsp3) is 0.273. The van der Waals surface area contributed by atoms with Crippen molar-refractivity contribution in [1.29, 1.82) is 0 Å². The third kappa shape index (κ3) is 2.34. The van der Waals surface area contributed by atoms with Gasteiger partial charge in [-0.1, -0.05) is 6.07 Å². The van der Waals surface area contributed by atoms with E-state index in [1.165, 1.54) is 0 Å². The predicted octanol–water partition coefficient (Wildman–Crippen LogP) is 2.26. The Kier molecular flexibility index (Phi) is 2.67. The second kappa shape index (κ2) is 4.13. The van der Waals surface area contributed by atoms with Crippen LogP contribution in [0.2, 0.25) is 0 Å². The lowest BCUT2D eigenvalue weighted by molar-refractivity contribution is 0.232. The number of rotatable bonds is 3. The van der Waals surface area contributed by atoms with Crippen LogP contribution in [0.25, 0.3) is 11.4 Å². The zero-order chi connectivity index (χ0) is 10.7. The van der Waals surface area contributed by atoms with Gasteiger partial charge in [0, 0.05) is 12.3 Å². The predicted molar refractivity (Wildman–Crippen MR) is 57.6 cm³/mol. The van der Waals surface area contributed by atoms with E-state index in [0.717, 1.165) is 11.4 Å². The van der Waals surface area contributed by atoms with Crippen LogP contribution in [0.4, 0.5) is 0 Å². The highest BCUT2D eigenvalue weighted by Gasteiger charge is 2.05. The molecule has 0 amide bonds. The van der Waals surface area contributed by atoms with Crippen molar-refractivity contribution in [2.24, 2.45) is 0 Å². The molecule has 15 heavy (non-hydrogen) atoms. The van der Waals surface area contributed by atoms with Crippen LogP contribution in [0.3, 0.4) is 0 Å². The van der Waals surface area contributed by atoms with Gasteiger partial charge in [0.2, 0.25) is 5.88 Å². The van der Waals surface area contributed by atoms with Gasteiger partial charge in [0.1, 0.15) is 0 Å². The van der Waals surface area contributed by atoms with Gasteiger partial charge < -0.3 is 4.74 Å². The Morgan fingerprint density at radius 3 is 2.87 bits per heavy atom. The average Bonchev–Trinajstić information content (AvgIpc) is 2.67. The molecule has 0 aliphatic heterocycles. The molecule has 4 nitrogen and oxygen atoms in total. The smallest absolute Gasteiger partial charge is 0.233 e. The minimum atomic E-state index is 0.130. The standard InChI is InChI=1S/C11H13N3O/c1-8(2)15-11-7-10(13-14-11)9-5-3-4-6-12-9/h3-8H,1-2H3,(H,13,14). The Morgan fingerprint density at radius 1 is 1.33 bits per heavy atom. The number of hydrogen-bond acceptors (Lipinski definition) is 3. The van der Waals surface area contributed by atoms with Crippen LogP contribution >= 0.6 is 0 Å². The summed E-state index contributed by atoms with van der Waals surface area (Å²) >= 11 is 0. The van der Waals surface area contributed by atoms with E-state index < -0.39 is 0 Å². The molecule has 2 aromatic rings. The molecule has 0 bridgehead atoms. The van der Waals surface area contributed by atoms with Crippen LogP contribution in [0, 0.1) is 0 Å². The number of ether oxygens (including phenoxy) is 1. The largest absolute Gasteiger partial charge is 0.474 e. The first kappa shape index (κ1) is 9.71. The van der Waals surface area contributed by atoms with Gasteiger partial charge in [-0.25, -0.2) is 0 Å². The molecular formula is C11H13N3O. The number of H-pyrrole nitrogens is 1. The van der Waals surface area contributed by atoms with E-state index in [-0.39, 0.29) is 6.10 Å². The number of aromatic nitrogens is 3. The summed E-state index contributed by atoms with van der Waals surface area (Å²) in [5, 5.41) is 6.94. The molecule has 0 radical (unpaired) electrons. The monoisotopic (exact) mass is 203 g/mol. The zero-order valence-corrected chi connectivity index (χ0v) is 8.77. The summed E-state index contributed by atoms with van der Waals surface area (Å²) in [5.74, 6) is 0.602. The summed E-state index contributed by atoms with van der Waals surface area (Å²) in [6.45, 7) is 3.93. The fourth-order valence-corrected chi connectivity index (χ4v) is 1.26. The molecule has 0 atom stereocenters. The highest BCUT2D eigenvalue weighted by atomic mass is 16.5. The SMILES string of the molecule is CC(C)Oc1cc(-c2ccccn2)[nH]n1. The van der Waals surface area contributed by atoms with Crippen molar-refractivity contribution >= 4 is 0 Å². The first-order valence-corrected chi connectivity index (χ1v) is 4.89. The average molecular weight is 203 g/mol. The van der Waals surface area contributed by atoms with Crippen molar-refractivity contribution in [1.82, 2.24) is 15.2 Å². The summed E-state index contributed by atoms with van der Waals surface area (Å²) in [6, 6.07) is 7.59. The zero-order valence-electron chi connectivity index (χ0n) is 8.77. The van der Waals surface area contributed by atoms with Gasteiger partial charge in [0.25, 0.3) is 0 Å². The normalized spacial score (nSPS) is 10.6. The lowest BCUT2D eigenvalue weighted by Crippen LogP contribution is -2.05. The lowest BCUT2D eigenvalue weighted by atomic mass is 10.3. The molecule has 0 aliphatic carbocycles. The minimum absolute atomic E-state index is 0.130. The maximum Gasteiger partial charge on any atom is 0.233 e. The molecule has 1 N–H and O–H groups in total. The van der Waals surface area contributed by atoms with Crippen molar-refractivity contribution in [3.63, 3.8) is 0 Å². The quantitative estimate of drug-likeness (QED) is 0.832. The van der Waals surface area contributed by atoms with Crippen LogP contribution in [0.5, 0.6) is 5.88 Å². The van der Waals surface area contributed by atoms with E-state index in [9.17, 15) is 0 Å². The molecule has 2 heterocycles. The Hall–Kier alpha value is -1.84. The van der Waals surface area contributed by atoms with E-state index >= 15 is 0 Å². The first-order valence-electron chi connectivity index (χ1n) is 4.89. The number of hydrogen-bond donors (Lipinski definition) is 1. The van der Waals surface area contributed by atoms with Crippen molar-refractivity contribution in [2.45, 2.75) is 20.0 Å². The number of nitrogens with one attached hydrogen (secondary N) is 1. The van der Waals surface area contributed by atoms with Crippen molar-refractivity contribution < 1.29 is 4.74 Å². The van der Waals surface area contributed by atoms with E-state index in [1.807, 2.05) is 38.1 Å². The van der Waals surface area contributed by atoms with Crippen molar-refractivity contribution in [3.05, 3.63) is 30.5 Å². The molecule has 0 fully saturated rings. The van der Waals surface area contributed by atoms with Gasteiger partial charge in [-0.15, -0.1) is 5.10 Å². The maximum atomic E-state index is 5.45.